The van der Waals surface area contributed by atoms with Crippen molar-refractivity contribution >= 4 is 0 Å². The molecule has 0 aliphatic carbocycles. The van der Waals surface area contributed by atoms with Crippen LogP contribution < -0.4 is 5.32 Å². The molecule has 0 aromatic carbocycles. The highest BCUT2D eigenvalue weighted by molar-refractivity contribution is 4.94. The molecular formula is C11H22N2O. The maximum absolute atomic E-state index is 9.84. The molecule has 0 bridgehead atoms. The fourth-order valence-electron chi connectivity index (χ4n) is 2.93. The van der Waals surface area contributed by atoms with Crippen molar-refractivity contribution in [2.45, 2.75) is 44.9 Å². The van der Waals surface area contributed by atoms with Gasteiger partial charge in [-0.3, -0.25) is 4.90 Å². The van der Waals surface area contributed by atoms with Crippen LogP contribution in [0.5, 0.6) is 0 Å². The van der Waals surface area contributed by atoms with Gasteiger partial charge >= 0.3 is 0 Å². The van der Waals surface area contributed by atoms with E-state index in [1.807, 2.05) is 0 Å². The van der Waals surface area contributed by atoms with E-state index in [-0.39, 0.29) is 6.10 Å². The number of aliphatic hydroxyl groups excluding tert-OH is 1. The molecule has 2 saturated heterocycles. The molecule has 14 heavy (non-hydrogen) atoms. The minimum absolute atomic E-state index is 0.158. The first-order valence-electron chi connectivity index (χ1n) is 5.84. The van der Waals surface area contributed by atoms with Crippen molar-refractivity contribution in [1.82, 2.24) is 10.2 Å². The Bertz CT molecular complexity index is 196. The summed E-state index contributed by atoms with van der Waals surface area (Å²) >= 11 is 0. The molecule has 3 heteroatoms. The highest BCUT2D eigenvalue weighted by Crippen LogP contribution is 2.27. The van der Waals surface area contributed by atoms with Crippen LogP contribution >= 0.6 is 0 Å². The van der Waals surface area contributed by atoms with Crippen LogP contribution in [0.3, 0.4) is 0 Å². The molecule has 0 saturated carbocycles. The molecule has 3 atom stereocenters. The number of β-amino-alcohol motifs (C(OH)–C–C–N with tert-alkyl or cyclic N) is 1. The first-order chi connectivity index (χ1) is 6.70. The zero-order valence-corrected chi connectivity index (χ0v) is 9.24. The Labute approximate surface area is 86.5 Å². The molecule has 2 rings (SSSR count). The Morgan fingerprint density at radius 1 is 1.36 bits per heavy atom. The summed E-state index contributed by atoms with van der Waals surface area (Å²) in [6, 6.07) is 1.06. The zero-order valence-electron chi connectivity index (χ0n) is 9.24. The second-order valence-electron chi connectivity index (χ2n) is 4.98. The number of likely N-dealkylation sites (tertiary alicyclic amines) is 1. The summed E-state index contributed by atoms with van der Waals surface area (Å²) in [4.78, 5) is 2.52. The van der Waals surface area contributed by atoms with E-state index < -0.39 is 0 Å². The van der Waals surface area contributed by atoms with Gasteiger partial charge in [0, 0.05) is 25.2 Å². The third-order valence-electron chi connectivity index (χ3n) is 3.69. The van der Waals surface area contributed by atoms with Gasteiger partial charge in [-0.2, -0.15) is 0 Å². The van der Waals surface area contributed by atoms with Gasteiger partial charge in [-0.05, 0) is 25.3 Å². The molecule has 0 radical (unpaired) electrons. The van der Waals surface area contributed by atoms with Gasteiger partial charge in [0.15, 0.2) is 0 Å². The lowest BCUT2D eigenvalue weighted by molar-refractivity contribution is 0.0624. The van der Waals surface area contributed by atoms with E-state index in [1.54, 1.807) is 0 Å². The Morgan fingerprint density at radius 2 is 2.14 bits per heavy atom. The van der Waals surface area contributed by atoms with Crippen molar-refractivity contribution in [3.63, 3.8) is 0 Å². The summed E-state index contributed by atoms with van der Waals surface area (Å²) in [5.74, 6) is 0.713. The largest absolute Gasteiger partial charge is 0.390 e. The molecule has 1 unspecified atom stereocenters. The van der Waals surface area contributed by atoms with Crippen molar-refractivity contribution in [2.75, 3.05) is 19.6 Å². The van der Waals surface area contributed by atoms with Crippen molar-refractivity contribution in [1.29, 1.82) is 0 Å². The van der Waals surface area contributed by atoms with Crippen LogP contribution in [0.25, 0.3) is 0 Å². The van der Waals surface area contributed by atoms with E-state index in [4.69, 9.17) is 0 Å². The second-order valence-corrected chi connectivity index (χ2v) is 4.98. The van der Waals surface area contributed by atoms with Crippen molar-refractivity contribution in [3.05, 3.63) is 0 Å². The maximum atomic E-state index is 9.84. The number of nitrogens with zero attached hydrogens (tertiary/aromatic N) is 1. The van der Waals surface area contributed by atoms with Gasteiger partial charge in [0.2, 0.25) is 0 Å². The van der Waals surface area contributed by atoms with Crippen molar-refractivity contribution in [2.24, 2.45) is 5.92 Å². The van der Waals surface area contributed by atoms with Crippen LogP contribution in [0.1, 0.15) is 26.7 Å². The molecule has 2 fully saturated rings. The fraction of sp³-hybridized carbons (Fsp3) is 1.00. The minimum Gasteiger partial charge on any atom is -0.390 e. The molecule has 0 aromatic heterocycles. The summed E-state index contributed by atoms with van der Waals surface area (Å²) in [6.45, 7) is 7.48. The Hall–Kier alpha value is -0.120. The molecule has 0 aromatic rings. The standard InChI is InChI=1S/C11H22N2O/c1-8(2)9-4-3-5-13(9)10-6-12-7-11(10)14/h8-12,14H,3-7H2,1-2H3/t9?,10-,11-/m1/s1. The molecular weight excluding hydrogens is 176 g/mol. The van der Waals surface area contributed by atoms with Gasteiger partial charge in [-0.1, -0.05) is 13.8 Å². The van der Waals surface area contributed by atoms with Crippen LogP contribution in [0, 0.1) is 5.92 Å². The van der Waals surface area contributed by atoms with Crippen LogP contribution in [-0.4, -0.2) is 47.8 Å². The first kappa shape index (κ1) is 10.4. The van der Waals surface area contributed by atoms with Crippen molar-refractivity contribution in [3.8, 4) is 0 Å². The minimum atomic E-state index is -0.158. The van der Waals surface area contributed by atoms with E-state index in [0.717, 1.165) is 13.1 Å². The number of nitrogens with one attached hydrogen (secondary N) is 1. The molecule has 3 nitrogen and oxygen atoms in total. The summed E-state index contributed by atoms with van der Waals surface area (Å²) in [6.07, 6.45) is 2.45. The monoisotopic (exact) mass is 198 g/mol. The van der Waals surface area contributed by atoms with Crippen LogP contribution in [0.4, 0.5) is 0 Å². The third-order valence-corrected chi connectivity index (χ3v) is 3.69. The SMILES string of the molecule is CC(C)C1CCCN1[C@@H]1CNC[C@H]1O. The third kappa shape index (κ3) is 1.81. The number of aliphatic hydroxyl groups is 1. The summed E-state index contributed by atoms with van der Waals surface area (Å²) < 4.78 is 0. The normalized spacial score (nSPS) is 39.9. The Balaban J connectivity index is 2.01. The average Bonchev–Trinajstić information content (AvgIpc) is 2.70. The molecule has 2 aliphatic rings. The van der Waals surface area contributed by atoms with E-state index in [9.17, 15) is 5.11 Å². The van der Waals surface area contributed by atoms with Crippen LogP contribution in [0.15, 0.2) is 0 Å². The number of rotatable bonds is 2. The lowest BCUT2D eigenvalue weighted by atomic mass is 10.00. The maximum Gasteiger partial charge on any atom is 0.0831 e. The first-order valence-corrected chi connectivity index (χ1v) is 5.84. The lowest BCUT2D eigenvalue weighted by Crippen LogP contribution is -2.47. The fourth-order valence-corrected chi connectivity index (χ4v) is 2.93. The van der Waals surface area contributed by atoms with Gasteiger partial charge in [0.25, 0.3) is 0 Å². The molecule has 0 amide bonds. The summed E-state index contributed by atoms with van der Waals surface area (Å²) in [5, 5.41) is 13.1. The lowest BCUT2D eigenvalue weighted by Gasteiger charge is -2.34. The Kier molecular flexibility index (Phi) is 3.10. The Morgan fingerprint density at radius 3 is 2.71 bits per heavy atom. The van der Waals surface area contributed by atoms with Gasteiger partial charge < -0.3 is 10.4 Å². The average molecular weight is 198 g/mol. The molecule has 2 aliphatic heterocycles. The van der Waals surface area contributed by atoms with Gasteiger partial charge in [-0.15, -0.1) is 0 Å². The highest BCUT2D eigenvalue weighted by atomic mass is 16.3. The smallest absolute Gasteiger partial charge is 0.0831 e. The van der Waals surface area contributed by atoms with Gasteiger partial charge in [0.1, 0.15) is 0 Å². The summed E-state index contributed by atoms with van der Waals surface area (Å²) in [7, 11) is 0. The van der Waals surface area contributed by atoms with Crippen LogP contribution in [-0.2, 0) is 0 Å². The summed E-state index contributed by atoms with van der Waals surface area (Å²) in [5.41, 5.74) is 0. The van der Waals surface area contributed by atoms with E-state index in [2.05, 4.69) is 24.1 Å². The molecule has 2 N–H and O–H groups in total. The van der Waals surface area contributed by atoms with E-state index in [0.29, 0.717) is 18.0 Å². The highest BCUT2D eigenvalue weighted by Gasteiger charge is 2.37. The zero-order chi connectivity index (χ0) is 10.1. The van der Waals surface area contributed by atoms with Crippen molar-refractivity contribution < 1.29 is 5.11 Å². The van der Waals surface area contributed by atoms with Gasteiger partial charge in [-0.25, -0.2) is 0 Å². The van der Waals surface area contributed by atoms with E-state index >= 15 is 0 Å². The van der Waals surface area contributed by atoms with E-state index in [1.165, 1.54) is 19.4 Å². The second kappa shape index (κ2) is 4.17. The molecule has 2 heterocycles. The number of hydrogen-bond donors (Lipinski definition) is 2. The molecule has 82 valence electrons. The predicted molar refractivity (Wildman–Crippen MR) is 57.2 cm³/mol. The predicted octanol–water partition coefficient (Wildman–Crippen LogP) is 0.439. The van der Waals surface area contributed by atoms with Gasteiger partial charge in [0.05, 0.1) is 6.10 Å². The molecule has 0 spiro atoms. The quantitative estimate of drug-likeness (QED) is 0.676. The topological polar surface area (TPSA) is 35.5 Å². The van der Waals surface area contributed by atoms with Crippen LogP contribution in [0.2, 0.25) is 0 Å². The number of hydrogen-bond acceptors (Lipinski definition) is 3.